The number of hydrogen-bond donors (Lipinski definition) is 1. The zero-order valence-electron chi connectivity index (χ0n) is 17.1. The monoisotopic (exact) mass is 389 g/mol. The molecule has 3 rings (SSSR count). The zero-order chi connectivity index (χ0) is 20.7. The van der Waals surface area contributed by atoms with E-state index < -0.39 is 0 Å². The van der Waals surface area contributed by atoms with Crippen molar-refractivity contribution in [3.63, 3.8) is 0 Å². The van der Waals surface area contributed by atoms with Crippen LogP contribution in [0.25, 0.3) is 0 Å². The Bertz CT molecular complexity index is 928. The molecular formula is C25H27NO3. The van der Waals surface area contributed by atoms with Gasteiger partial charge < -0.3 is 14.8 Å². The highest BCUT2D eigenvalue weighted by molar-refractivity contribution is 5.93. The van der Waals surface area contributed by atoms with Crippen molar-refractivity contribution in [2.75, 3.05) is 11.9 Å². The molecule has 0 aliphatic carbocycles. The van der Waals surface area contributed by atoms with Crippen molar-refractivity contribution >= 4 is 11.6 Å². The molecule has 0 atom stereocenters. The van der Waals surface area contributed by atoms with Crippen LogP contribution in [-0.2, 0) is 16.8 Å². The Kier molecular flexibility index (Phi) is 6.55. The van der Waals surface area contributed by atoms with Gasteiger partial charge in [-0.05, 0) is 40.8 Å². The van der Waals surface area contributed by atoms with Crippen LogP contribution in [-0.4, -0.2) is 12.5 Å². The third-order valence-corrected chi connectivity index (χ3v) is 4.49. The minimum Gasteiger partial charge on any atom is -0.487 e. The second kappa shape index (κ2) is 9.28. The molecule has 0 aliphatic rings. The van der Waals surface area contributed by atoms with Crippen molar-refractivity contribution in [1.29, 1.82) is 0 Å². The van der Waals surface area contributed by atoms with Gasteiger partial charge in [0.25, 0.3) is 5.91 Å². The zero-order valence-corrected chi connectivity index (χ0v) is 17.1. The number of carbonyl (C=O) groups is 1. The molecule has 0 aliphatic heterocycles. The molecule has 0 fully saturated rings. The third kappa shape index (κ3) is 6.11. The van der Waals surface area contributed by atoms with E-state index in [-0.39, 0.29) is 17.9 Å². The van der Waals surface area contributed by atoms with E-state index in [0.29, 0.717) is 23.8 Å². The molecular weight excluding hydrogens is 362 g/mol. The van der Waals surface area contributed by atoms with Crippen LogP contribution in [0.3, 0.4) is 0 Å². The first-order valence-electron chi connectivity index (χ1n) is 9.71. The first kappa shape index (κ1) is 20.5. The number of carbonyl (C=O) groups excluding carboxylic acids is 1. The maximum atomic E-state index is 12.3. The minimum atomic E-state index is -0.236. The van der Waals surface area contributed by atoms with Crippen molar-refractivity contribution in [3.05, 3.63) is 90.0 Å². The van der Waals surface area contributed by atoms with Crippen LogP contribution in [0.5, 0.6) is 11.5 Å². The maximum Gasteiger partial charge on any atom is 0.262 e. The number of ether oxygens (including phenoxy) is 2. The van der Waals surface area contributed by atoms with E-state index in [0.717, 1.165) is 5.56 Å². The molecule has 3 aromatic rings. The third-order valence-electron chi connectivity index (χ3n) is 4.49. The lowest BCUT2D eigenvalue weighted by Crippen LogP contribution is -2.20. The highest BCUT2D eigenvalue weighted by Crippen LogP contribution is 2.26. The van der Waals surface area contributed by atoms with Crippen LogP contribution < -0.4 is 14.8 Å². The van der Waals surface area contributed by atoms with E-state index in [4.69, 9.17) is 9.47 Å². The fraction of sp³-hybridized carbons (Fsp3) is 0.240. The Labute approximate surface area is 172 Å². The fourth-order valence-electron chi connectivity index (χ4n) is 2.82. The number of rotatable bonds is 7. The van der Waals surface area contributed by atoms with Crippen molar-refractivity contribution < 1.29 is 14.3 Å². The van der Waals surface area contributed by atoms with Gasteiger partial charge in [-0.25, -0.2) is 0 Å². The van der Waals surface area contributed by atoms with Crippen LogP contribution in [0.4, 0.5) is 5.69 Å². The van der Waals surface area contributed by atoms with E-state index in [2.05, 4.69) is 26.1 Å². The molecule has 1 amide bonds. The van der Waals surface area contributed by atoms with Crippen LogP contribution in [0.1, 0.15) is 31.9 Å². The maximum absolute atomic E-state index is 12.3. The fourth-order valence-corrected chi connectivity index (χ4v) is 2.82. The first-order chi connectivity index (χ1) is 13.9. The molecule has 1 N–H and O–H groups in total. The lowest BCUT2D eigenvalue weighted by Gasteiger charge is -2.19. The van der Waals surface area contributed by atoms with Gasteiger partial charge in [0.1, 0.15) is 18.1 Å². The average Bonchev–Trinajstić information content (AvgIpc) is 2.72. The molecule has 150 valence electrons. The van der Waals surface area contributed by atoms with Gasteiger partial charge in [-0.15, -0.1) is 0 Å². The number of amides is 1. The highest BCUT2D eigenvalue weighted by Gasteiger charge is 2.13. The summed E-state index contributed by atoms with van der Waals surface area (Å²) in [4.78, 5) is 12.3. The molecule has 0 spiro atoms. The van der Waals surface area contributed by atoms with Crippen LogP contribution in [0.2, 0.25) is 0 Å². The lowest BCUT2D eigenvalue weighted by atomic mass is 9.87. The number of benzene rings is 3. The smallest absolute Gasteiger partial charge is 0.262 e. The van der Waals surface area contributed by atoms with Gasteiger partial charge in [0.2, 0.25) is 0 Å². The number of nitrogens with one attached hydrogen (secondary N) is 1. The summed E-state index contributed by atoms with van der Waals surface area (Å²) in [6, 6.07) is 25.1. The summed E-state index contributed by atoms with van der Waals surface area (Å²) in [5, 5.41) is 2.86. The number of para-hydroxylation sites is 2. The second-order valence-corrected chi connectivity index (χ2v) is 7.88. The molecule has 4 heteroatoms. The molecule has 0 unspecified atom stereocenters. The van der Waals surface area contributed by atoms with E-state index >= 15 is 0 Å². The van der Waals surface area contributed by atoms with Gasteiger partial charge in [-0.1, -0.05) is 75.4 Å². The van der Waals surface area contributed by atoms with E-state index in [1.165, 1.54) is 5.56 Å². The summed E-state index contributed by atoms with van der Waals surface area (Å²) in [5.41, 5.74) is 2.99. The van der Waals surface area contributed by atoms with E-state index in [1.54, 1.807) is 0 Å². The van der Waals surface area contributed by atoms with Gasteiger partial charge in [0, 0.05) is 0 Å². The second-order valence-electron chi connectivity index (χ2n) is 7.88. The molecule has 0 radical (unpaired) electrons. The highest BCUT2D eigenvalue weighted by atomic mass is 16.5. The predicted octanol–water partition coefficient (Wildman–Crippen LogP) is 5.58. The largest absolute Gasteiger partial charge is 0.487 e. The number of anilines is 1. The van der Waals surface area contributed by atoms with Crippen LogP contribution in [0.15, 0.2) is 78.9 Å². The van der Waals surface area contributed by atoms with Crippen molar-refractivity contribution in [1.82, 2.24) is 0 Å². The van der Waals surface area contributed by atoms with Crippen LogP contribution >= 0.6 is 0 Å². The molecule has 0 aromatic heterocycles. The summed E-state index contributed by atoms with van der Waals surface area (Å²) < 4.78 is 11.5. The molecule has 0 saturated carbocycles. The topological polar surface area (TPSA) is 47.6 Å². The Balaban J connectivity index is 1.55. The summed E-state index contributed by atoms with van der Waals surface area (Å²) >= 11 is 0. The Morgan fingerprint density at radius 3 is 2.17 bits per heavy atom. The van der Waals surface area contributed by atoms with E-state index in [1.807, 2.05) is 78.9 Å². The summed E-state index contributed by atoms with van der Waals surface area (Å²) in [6.07, 6.45) is 0. The van der Waals surface area contributed by atoms with Crippen molar-refractivity contribution in [2.45, 2.75) is 32.8 Å². The van der Waals surface area contributed by atoms with Crippen molar-refractivity contribution in [2.24, 2.45) is 0 Å². The molecule has 0 bridgehead atoms. The van der Waals surface area contributed by atoms with Gasteiger partial charge in [-0.2, -0.15) is 0 Å². The van der Waals surface area contributed by atoms with Gasteiger partial charge >= 0.3 is 0 Å². The Hall–Kier alpha value is -3.27. The summed E-state index contributed by atoms with van der Waals surface area (Å²) in [5.74, 6) is 1.06. The Morgan fingerprint density at radius 2 is 1.48 bits per heavy atom. The number of hydrogen-bond acceptors (Lipinski definition) is 3. The molecule has 0 saturated heterocycles. The summed E-state index contributed by atoms with van der Waals surface area (Å²) in [7, 11) is 0. The molecule has 29 heavy (non-hydrogen) atoms. The Morgan fingerprint density at radius 1 is 0.828 bits per heavy atom. The quantitative estimate of drug-likeness (QED) is 0.574. The summed E-state index contributed by atoms with van der Waals surface area (Å²) in [6.45, 7) is 6.85. The standard InChI is InChI=1S/C25H27NO3/c1-25(2,3)20-13-15-21(16-14-20)28-18-24(27)26-22-11-7-8-12-23(22)29-17-19-9-5-4-6-10-19/h4-16H,17-18H2,1-3H3,(H,26,27). The minimum absolute atomic E-state index is 0.0676. The van der Waals surface area contributed by atoms with Gasteiger partial charge in [0.15, 0.2) is 6.61 Å². The lowest BCUT2D eigenvalue weighted by molar-refractivity contribution is -0.118. The average molecular weight is 389 g/mol. The first-order valence-corrected chi connectivity index (χ1v) is 9.71. The van der Waals surface area contributed by atoms with E-state index in [9.17, 15) is 4.79 Å². The van der Waals surface area contributed by atoms with Gasteiger partial charge in [0.05, 0.1) is 5.69 Å². The normalized spacial score (nSPS) is 11.0. The SMILES string of the molecule is CC(C)(C)c1ccc(OCC(=O)Nc2ccccc2OCc2ccccc2)cc1. The molecule has 0 heterocycles. The predicted molar refractivity (Wildman–Crippen MR) is 116 cm³/mol. The van der Waals surface area contributed by atoms with Gasteiger partial charge in [-0.3, -0.25) is 4.79 Å². The molecule has 3 aromatic carbocycles. The van der Waals surface area contributed by atoms with Crippen LogP contribution in [0, 0.1) is 0 Å². The van der Waals surface area contributed by atoms with Crippen molar-refractivity contribution in [3.8, 4) is 11.5 Å². The molecule has 4 nitrogen and oxygen atoms in total.